The number of nitrogens with one attached hydrogen (secondary N) is 1. The van der Waals surface area contributed by atoms with Crippen LogP contribution in [0, 0.1) is 0 Å². The van der Waals surface area contributed by atoms with E-state index < -0.39 is 10.0 Å². The summed E-state index contributed by atoms with van der Waals surface area (Å²) < 4.78 is 25.7. The summed E-state index contributed by atoms with van der Waals surface area (Å²) >= 11 is 0. The van der Waals surface area contributed by atoms with Crippen molar-refractivity contribution in [1.29, 1.82) is 0 Å². The first-order valence-corrected chi connectivity index (χ1v) is 7.47. The summed E-state index contributed by atoms with van der Waals surface area (Å²) in [4.78, 5) is 8.36. The average Bonchev–Trinajstić information content (AvgIpc) is 2.46. The van der Waals surface area contributed by atoms with Crippen molar-refractivity contribution in [2.75, 3.05) is 19.4 Å². The van der Waals surface area contributed by atoms with Crippen molar-refractivity contribution in [3.63, 3.8) is 0 Å². The van der Waals surface area contributed by atoms with Gasteiger partial charge in [-0.25, -0.2) is 22.7 Å². The molecule has 1 aromatic heterocycles. The maximum atomic E-state index is 12.2. The SMILES string of the molecule is CN(C)S(=O)(=O)c1ccccc1CNc1ncccn1. The molecule has 1 heterocycles. The van der Waals surface area contributed by atoms with Gasteiger partial charge in [-0.2, -0.15) is 0 Å². The van der Waals surface area contributed by atoms with Gasteiger partial charge in [0.05, 0.1) is 4.90 Å². The van der Waals surface area contributed by atoms with Crippen LogP contribution in [0.3, 0.4) is 0 Å². The maximum Gasteiger partial charge on any atom is 0.242 e. The first-order valence-electron chi connectivity index (χ1n) is 6.03. The fourth-order valence-corrected chi connectivity index (χ4v) is 2.78. The van der Waals surface area contributed by atoms with Gasteiger partial charge in [-0.15, -0.1) is 0 Å². The highest BCUT2D eigenvalue weighted by Crippen LogP contribution is 2.19. The molecule has 0 spiro atoms. The Morgan fingerprint density at radius 3 is 2.40 bits per heavy atom. The molecular formula is C13H16N4O2S. The summed E-state index contributed by atoms with van der Waals surface area (Å²) in [5, 5.41) is 3.01. The number of benzene rings is 1. The van der Waals surface area contributed by atoms with Gasteiger partial charge in [0.15, 0.2) is 0 Å². The van der Waals surface area contributed by atoms with Crippen LogP contribution in [0.4, 0.5) is 5.95 Å². The van der Waals surface area contributed by atoms with E-state index in [4.69, 9.17) is 0 Å². The largest absolute Gasteiger partial charge is 0.350 e. The number of rotatable bonds is 5. The van der Waals surface area contributed by atoms with E-state index in [2.05, 4.69) is 15.3 Å². The Kier molecular flexibility index (Phi) is 4.31. The van der Waals surface area contributed by atoms with Gasteiger partial charge in [-0.3, -0.25) is 0 Å². The van der Waals surface area contributed by atoms with Crippen molar-refractivity contribution in [2.45, 2.75) is 11.4 Å². The molecule has 6 nitrogen and oxygen atoms in total. The molecule has 106 valence electrons. The van der Waals surface area contributed by atoms with E-state index in [9.17, 15) is 8.42 Å². The zero-order valence-electron chi connectivity index (χ0n) is 11.3. The fraction of sp³-hybridized carbons (Fsp3) is 0.231. The van der Waals surface area contributed by atoms with Crippen molar-refractivity contribution < 1.29 is 8.42 Å². The molecule has 1 aromatic carbocycles. The van der Waals surface area contributed by atoms with Gasteiger partial charge in [0.2, 0.25) is 16.0 Å². The van der Waals surface area contributed by atoms with Crippen molar-refractivity contribution in [2.24, 2.45) is 0 Å². The minimum Gasteiger partial charge on any atom is -0.350 e. The van der Waals surface area contributed by atoms with E-state index >= 15 is 0 Å². The number of aromatic nitrogens is 2. The van der Waals surface area contributed by atoms with Crippen LogP contribution in [0.15, 0.2) is 47.6 Å². The zero-order chi connectivity index (χ0) is 14.6. The first-order chi connectivity index (χ1) is 9.51. The van der Waals surface area contributed by atoms with Crippen LogP contribution < -0.4 is 5.32 Å². The lowest BCUT2D eigenvalue weighted by atomic mass is 10.2. The summed E-state index contributed by atoms with van der Waals surface area (Å²) in [7, 11) is -0.432. The minimum atomic E-state index is -3.46. The maximum absolute atomic E-state index is 12.2. The van der Waals surface area contributed by atoms with Gasteiger partial charge in [0.1, 0.15) is 0 Å². The second kappa shape index (κ2) is 5.98. The molecule has 0 fully saturated rings. The van der Waals surface area contributed by atoms with Gasteiger partial charge >= 0.3 is 0 Å². The molecule has 0 bridgehead atoms. The highest BCUT2D eigenvalue weighted by Gasteiger charge is 2.20. The first kappa shape index (κ1) is 14.4. The highest BCUT2D eigenvalue weighted by atomic mass is 32.2. The molecule has 1 N–H and O–H groups in total. The van der Waals surface area contributed by atoms with E-state index in [1.54, 1.807) is 42.7 Å². The van der Waals surface area contributed by atoms with E-state index in [1.807, 2.05) is 0 Å². The Bertz CT molecular complexity index is 672. The molecule has 0 amide bonds. The second-order valence-corrected chi connectivity index (χ2v) is 6.44. The zero-order valence-corrected chi connectivity index (χ0v) is 12.1. The summed E-state index contributed by atoms with van der Waals surface area (Å²) in [6, 6.07) is 8.59. The Hall–Kier alpha value is -1.99. The molecule has 0 radical (unpaired) electrons. The molecule has 0 atom stereocenters. The normalized spacial score (nSPS) is 11.6. The lowest BCUT2D eigenvalue weighted by molar-refractivity contribution is 0.519. The Morgan fingerprint density at radius 1 is 1.10 bits per heavy atom. The van der Waals surface area contributed by atoms with Crippen molar-refractivity contribution in [1.82, 2.24) is 14.3 Å². The quantitative estimate of drug-likeness (QED) is 0.900. The lowest BCUT2D eigenvalue weighted by Gasteiger charge is -2.15. The third kappa shape index (κ3) is 3.12. The second-order valence-electron chi connectivity index (χ2n) is 4.32. The molecule has 0 saturated carbocycles. The summed E-state index contributed by atoms with van der Waals surface area (Å²) in [5.41, 5.74) is 0.675. The molecule has 0 aliphatic heterocycles. The number of sulfonamides is 1. The number of anilines is 1. The fourth-order valence-electron chi connectivity index (χ4n) is 1.66. The highest BCUT2D eigenvalue weighted by molar-refractivity contribution is 7.89. The smallest absolute Gasteiger partial charge is 0.242 e. The average molecular weight is 292 g/mol. The monoisotopic (exact) mass is 292 g/mol. The van der Waals surface area contributed by atoms with Crippen LogP contribution in [-0.2, 0) is 16.6 Å². The summed E-state index contributed by atoms with van der Waals surface area (Å²) in [5.74, 6) is 0.463. The number of hydrogen-bond donors (Lipinski definition) is 1. The van der Waals surface area contributed by atoms with Crippen LogP contribution in [0.1, 0.15) is 5.56 Å². The standard InChI is InChI=1S/C13H16N4O2S/c1-17(2)20(18,19)12-7-4-3-6-11(12)10-16-13-14-8-5-9-15-13/h3-9H,10H2,1-2H3,(H,14,15,16). The van der Waals surface area contributed by atoms with Gasteiger partial charge in [-0.05, 0) is 17.7 Å². The summed E-state index contributed by atoms with van der Waals surface area (Å²) in [6.45, 7) is 0.341. The van der Waals surface area contributed by atoms with E-state index in [0.29, 0.717) is 18.1 Å². The van der Waals surface area contributed by atoms with E-state index in [1.165, 1.54) is 18.4 Å². The third-order valence-corrected chi connectivity index (χ3v) is 4.65. The van der Waals surface area contributed by atoms with Crippen LogP contribution >= 0.6 is 0 Å². The van der Waals surface area contributed by atoms with Gasteiger partial charge < -0.3 is 5.32 Å². The predicted octanol–water partition coefficient (Wildman–Crippen LogP) is 1.34. The van der Waals surface area contributed by atoms with Crippen molar-refractivity contribution in [3.05, 3.63) is 48.3 Å². The van der Waals surface area contributed by atoms with E-state index in [-0.39, 0.29) is 4.90 Å². The number of hydrogen-bond acceptors (Lipinski definition) is 5. The lowest BCUT2D eigenvalue weighted by Crippen LogP contribution is -2.23. The van der Waals surface area contributed by atoms with Crippen LogP contribution in [-0.4, -0.2) is 36.8 Å². The molecule has 2 aromatic rings. The van der Waals surface area contributed by atoms with Gasteiger partial charge in [-0.1, -0.05) is 18.2 Å². The third-order valence-electron chi connectivity index (χ3n) is 2.73. The Labute approximate surface area is 118 Å². The Morgan fingerprint density at radius 2 is 1.75 bits per heavy atom. The van der Waals surface area contributed by atoms with Crippen molar-refractivity contribution in [3.8, 4) is 0 Å². The van der Waals surface area contributed by atoms with E-state index in [0.717, 1.165) is 0 Å². The van der Waals surface area contributed by atoms with Crippen LogP contribution in [0.2, 0.25) is 0 Å². The van der Waals surface area contributed by atoms with Crippen LogP contribution in [0.5, 0.6) is 0 Å². The molecule has 0 saturated heterocycles. The molecule has 0 aliphatic carbocycles. The molecule has 20 heavy (non-hydrogen) atoms. The topological polar surface area (TPSA) is 75.2 Å². The molecular weight excluding hydrogens is 276 g/mol. The predicted molar refractivity (Wildman–Crippen MR) is 76.7 cm³/mol. The molecule has 0 unspecified atom stereocenters. The van der Waals surface area contributed by atoms with Gasteiger partial charge in [0.25, 0.3) is 0 Å². The Balaban J connectivity index is 2.25. The molecule has 2 rings (SSSR count). The van der Waals surface area contributed by atoms with Gasteiger partial charge in [0, 0.05) is 33.0 Å². The molecule has 7 heteroatoms. The molecule has 0 aliphatic rings. The van der Waals surface area contributed by atoms with Crippen molar-refractivity contribution >= 4 is 16.0 Å². The van der Waals surface area contributed by atoms with Crippen LogP contribution in [0.25, 0.3) is 0 Å². The summed E-state index contributed by atoms with van der Waals surface area (Å²) in [6.07, 6.45) is 3.25. The number of nitrogens with zero attached hydrogens (tertiary/aromatic N) is 3. The minimum absolute atomic E-state index is 0.286.